The van der Waals surface area contributed by atoms with Crippen molar-refractivity contribution >= 4 is 0 Å². The third-order valence-corrected chi connectivity index (χ3v) is 9.34. The maximum atomic E-state index is 2.54. The van der Waals surface area contributed by atoms with Crippen molar-refractivity contribution < 1.29 is 0 Å². The van der Waals surface area contributed by atoms with Gasteiger partial charge >= 0.3 is 0 Å². The van der Waals surface area contributed by atoms with Crippen molar-refractivity contribution in [1.29, 1.82) is 0 Å². The molecule has 0 aliphatic heterocycles. The van der Waals surface area contributed by atoms with Gasteiger partial charge < -0.3 is 0 Å². The van der Waals surface area contributed by atoms with Gasteiger partial charge in [0.05, 0.1) is 0 Å². The van der Waals surface area contributed by atoms with Crippen molar-refractivity contribution in [3.63, 3.8) is 0 Å². The Balaban J connectivity index is 1.30. The molecule has 0 amide bonds. The summed E-state index contributed by atoms with van der Waals surface area (Å²) >= 11 is 0. The van der Waals surface area contributed by atoms with Crippen LogP contribution in [-0.4, -0.2) is 0 Å². The number of benzene rings is 1. The maximum Gasteiger partial charge on any atom is -0.0159 e. The molecule has 3 rings (SSSR count). The fourth-order valence-corrected chi connectivity index (χ4v) is 7.09. The van der Waals surface area contributed by atoms with Gasteiger partial charge in [0.25, 0.3) is 0 Å². The van der Waals surface area contributed by atoms with Crippen LogP contribution in [0.1, 0.15) is 158 Å². The van der Waals surface area contributed by atoms with Gasteiger partial charge in [-0.05, 0) is 85.8 Å². The van der Waals surface area contributed by atoms with E-state index in [0.29, 0.717) is 0 Å². The third kappa shape index (κ3) is 9.41. The summed E-state index contributed by atoms with van der Waals surface area (Å²) in [5.74, 6) is 3.88. The van der Waals surface area contributed by atoms with Crippen LogP contribution in [0.5, 0.6) is 0 Å². The Morgan fingerprint density at radius 2 is 1.18 bits per heavy atom. The van der Waals surface area contributed by atoms with E-state index < -0.39 is 0 Å². The van der Waals surface area contributed by atoms with E-state index in [1.54, 1.807) is 16.7 Å². The first-order valence-electron chi connectivity index (χ1n) is 15.3. The Morgan fingerprint density at radius 3 is 1.82 bits per heavy atom. The van der Waals surface area contributed by atoms with E-state index >= 15 is 0 Å². The molecule has 1 aromatic carbocycles. The molecular formula is C33H56. The van der Waals surface area contributed by atoms with Crippen molar-refractivity contribution in [3.05, 3.63) is 34.9 Å². The number of unbranched alkanes of at least 4 members (excludes halogenated alkanes) is 6. The maximum absolute atomic E-state index is 2.54. The summed E-state index contributed by atoms with van der Waals surface area (Å²) in [5, 5.41) is 0. The molecule has 0 nitrogen and oxygen atoms in total. The quantitative estimate of drug-likeness (QED) is 0.246. The molecule has 33 heavy (non-hydrogen) atoms. The van der Waals surface area contributed by atoms with E-state index in [1.165, 1.54) is 128 Å². The van der Waals surface area contributed by atoms with E-state index in [2.05, 4.69) is 39.0 Å². The highest BCUT2D eigenvalue weighted by Crippen LogP contribution is 2.39. The summed E-state index contributed by atoms with van der Waals surface area (Å²) in [6.45, 7) is 7.04. The molecule has 188 valence electrons. The molecular weight excluding hydrogens is 396 g/mol. The predicted octanol–water partition coefficient (Wildman–Crippen LogP) is 10.9. The van der Waals surface area contributed by atoms with Crippen LogP contribution in [0.15, 0.2) is 18.2 Å². The van der Waals surface area contributed by atoms with Crippen LogP contribution >= 0.6 is 0 Å². The molecule has 0 radical (unpaired) electrons. The second-order valence-electron chi connectivity index (χ2n) is 12.0. The van der Waals surface area contributed by atoms with Crippen molar-refractivity contribution in [3.8, 4) is 0 Å². The van der Waals surface area contributed by atoms with Gasteiger partial charge in [-0.2, -0.15) is 0 Å². The molecule has 0 aromatic heterocycles. The first-order chi connectivity index (χ1) is 16.2. The van der Waals surface area contributed by atoms with Gasteiger partial charge in [0.2, 0.25) is 0 Å². The standard InChI is InChI=1S/C33H56/c1-4-6-7-8-9-10-11-13-29-14-16-30(17-15-29)18-19-31-22-25-33(27(3)26-31)32-23-20-28(12-5-2)21-24-32/h22,25-26,28-30,32H,4-21,23-24H2,1-3H3. The smallest absolute Gasteiger partial charge is 0.0159 e. The van der Waals surface area contributed by atoms with Gasteiger partial charge in [-0.1, -0.05) is 122 Å². The number of aryl methyl sites for hydroxylation is 2. The highest BCUT2D eigenvalue weighted by Gasteiger charge is 2.23. The van der Waals surface area contributed by atoms with Crippen LogP contribution in [-0.2, 0) is 6.42 Å². The zero-order valence-electron chi connectivity index (χ0n) is 22.7. The van der Waals surface area contributed by atoms with Crippen molar-refractivity contribution in [2.75, 3.05) is 0 Å². The topological polar surface area (TPSA) is 0 Å². The summed E-state index contributed by atoms with van der Waals surface area (Å²) < 4.78 is 0. The van der Waals surface area contributed by atoms with E-state index in [9.17, 15) is 0 Å². The molecule has 0 unspecified atom stereocenters. The molecule has 0 N–H and O–H groups in total. The fraction of sp³-hybridized carbons (Fsp3) is 0.818. The SMILES string of the molecule is CCCCCCCCCC1CCC(CCc2ccc(C3CCC(CCC)CC3)c(C)c2)CC1. The van der Waals surface area contributed by atoms with E-state index in [0.717, 1.165) is 23.7 Å². The minimum atomic E-state index is 0.832. The first kappa shape index (κ1) is 26.8. The van der Waals surface area contributed by atoms with Crippen LogP contribution in [0.3, 0.4) is 0 Å². The van der Waals surface area contributed by atoms with Gasteiger partial charge in [0, 0.05) is 0 Å². The van der Waals surface area contributed by atoms with Crippen LogP contribution in [0.2, 0.25) is 0 Å². The minimum Gasteiger partial charge on any atom is -0.0654 e. The van der Waals surface area contributed by atoms with Gasteiger partial charge in [-0.3, -0.25) is 0 Å². The van der Waals surface area contributed by atoms with Crippen LogP contribution < -0.4 is 0 Å². The zero-order chi connectivity index (χ0) is 23.3. The van der Waals surface area contributed by atoms with Gasteiger partial charge in [0.15, 0.2) is 0 Å². The summed E-state index contributed by atoms with van der Waals surface area (Å²) in [6.07, 6.45) is 29.0. The van der Waals surface area contributed by atoms with E-state index in [4.69, 9.17) is 0 Å². The molecule has 0 heterocycles. The van der Waals surface area contributed by atoms with E-state index in [1.807, 2.05) is 0 Å². The van der Waals surface area contributed by atoms with Gasteiger partial charge in [-0.15, -0.1) is 0 Å². The Kier molecular flexibility index (Phi) is 12.4. The predicted molar refractivity (Wildman–Crippen MR) is 147 cm³/mol. The average molecular weight is 453 g/mol. The van der Waals surface area contributed by atoms with Crippen molar-refractivity contribution in [1.82, 2.24) is 0 Å². The summed E-state index contributed by atoms with van der Waals surface area (Å²) in [6, 6.07) is 7.53. The van der Waals surface area contributed by atoms with E-state index in [-0.39, 0.29) is 0 Å². The number of rotatable bonds is 14. The lowest BCUT2D eigenvalue weighted by atomic mass is 9.75. The monoisotopic (exact) mass is 452 g/mol. The van der Waals surface area contributed by atoms with Crippen LogP contribution in [0.25, 0.3) is 0 Å². The third-order valence-electron chi connectivity index (χ3n) is 9.34. The Hall–Kier alpha value is -0.780. The summed E-state index contributed by atoms with van der Waals surface area (Å²) in [7, 11) is 0. The molecule has 0 bridgehead atoms. The highest BCUT2D eigenvalue weighted by molar-refractivity contribution is 5.34. The van der Waals surface area contributed by atoms with Crippen LogP contribution in [0.4, 0.5) is 0 Å². The second-order valence-corrected chi connectivity index (χ2v) is 12.0. The largest absolute Gasteiger partial charge is 0.0654 e. The van der Waals surface area contributed by atoms with Crippen molar-refractivity contribution in [2.24, 2.45) is 17.8 Å². The second kappa shape index (κ2) is 15.3. The van der Waals surface area contributed by atoms with Gasteiger partial charge in [-0.25, -0.2) is 0 Å². The molecule has 1 aromatic rings. The van der Waals surface area contributed by atoms with Crippen LogP contribution in [0, 0.1) is 24.7 Å². The number of hydrogen-bond donors (Lipinski definition) is 0. The van der Waals surface area contributed by atoms with Gasteiger partial charge in [0.1, 0.15) is 0 Å². The highest BCUT2D eigenvalue weighted by atomic mass is 14.3. The molecule has 2 aliphatic rings. The van der Waals surface area contributed by atoms with Crippen molar-refractivity contribution in [2.45, 2.75) is 155 Å². The Labute approximate surface area is 207 Å². The average Bonchev–Trinajstić information content (AvgIpc) is 2.84. The Morgan fingerprint density at radius 1 is 0.606 bits per heavy atom. The summed E-state index contributed by atoms with van der Waals surface area (Å²) in [4.78, 5) is 0. The molecule has 0 spiro atoms. The molecule has 2 saturated carbocycles. The lowest BCUT2D eigenvalue weighted by Crippen LogP contribution is -2.15. The fourth-order valence-electron chi connectivity index (χ4n) is 7.09. The number of hydrogen-bond acceptors (Lipinski definition) is 0. The zero-order valence-corrected chi connectivity index (χ0v) is 22.7. The first-order valence-corrected chi connectivity index (χ1v) is 15.3. The summed E-state index contributed by atoms with van der Waals surface area (Å²) in [5.41, 5.74) is 4.84. The Bertz CT molecular complexity index is 627. The lowest BCUT2D eigenvalue weighted by molar-refractivity contribution is 0.248. The lowest BCUT2D eigenvalue weighted by Gasteiger charge is -2.30. The minimum absolute atomic E-state index is 0.832. The normalized spacial score (nSPS) is 25.9. The molecule has 0 atom stereocenters. The molecule has 2 fully saturated rings. The molecule has 0 saturated heterocycles. The molecule has 2 aliphatic carbocycles. The molecule has 0 heteroatoms.